The monoisotopic (exact) mass is 600 g/mol. The van der Waals surface area contributed by atoms with Gasteiger partial charge in [0.25, 0.3) is 0 Å². The van der Waals surface area contributed by atoms with Gasteiger partial charge in [0.1, 0.15) is 12.4 Å². The zero-order valence-electron chi connectivity index (χ0n) is 22.3. The minimum atomic E-state index is -1.13. The van der Waals surface area contributed by atoms with Crippen molar-refractivity contribution in [2.45, 2.75) is 25.3 Å². The number of hydrogen-bond donors (Lipinski definition) is 3. The van der Waals surface area contributed by atoms with Gasteiger partial charge in [-0.1, -0.05) is 47.5 Å². The lowest BCUT2D eigenvalue weighted by atomic mass is 9.95. The minimum Gasteiger partial charge on any atom is -0.480 e. The third-order valence-electron chi connectivity index (χ3n) is 7.51. The molecule has 2 aliphatic heterocycles. The maximum absolute atomic E-state index is 15.5. The van der Waals surface area contributed by atoms with E-state index in [1.807, 2.05) is 29.2 Å². The summed E-state index contributed by atoms with van der Waals surface area (Å²) < 4.78 is 15.5. The van der Waals surface area contributed by atoms with Crippen molar-refractivity contribution in [2.24, 2.45) is 5.92 Å². The van der Waals surface area contributed by atoms with Crippen LogP contribution in [0.3, 0.4) is 0 Å². The smallest absolute Gasteiger partial charge is 0.326 e. The molecule has 1 aromatic heterocycles. The second kappa shape index (κ2) is 13.0. The average Bonchev–Trinajstić information content (AvgIpc) is 2.99. The number of hydrogen-bond acceptors (Lipinski definition) is 7. The second-order valence-electron chi connectivity index (χ2n) is 10.3. The highest BCUT2D eigenvalue weighted by Crippen LogP contribution is 2.31. The summed E-state index contributed by atoms with van der Waals surface area (Å²) in [6, 6.07) is 11.4. The van der Waals surface area contributed by atoms with E-state index in [0.29, 0.717) is 42.5 Å². The van der Waals surface area contributed by atoms with Crippen LogP contribution in [0.5, 0.6) is 0 Å². The SMILES string of the molecule is O=C(NC(Cc1ccc(-c2cc(Cl)ccc2Cl)cc1)C(=O)O)C1CCCN(c2ncnc(N3CCNCC3)c2F)C1. The Balaban J connectivity index is 1.24. The first-order valence-electron chi connectivity index (χ1n) is 13.6. The molecule has 2 aromatic carbocycles. The highest BCUT2D eigenvalue weighted by molar-refractivity contribution is 6.35. The predicted molar refractivity (Wildman–Crippen MR) is 157 cm³/mol. The molecule has 2 atom stereocenters. The lowest BCUT2D eigenvalue weighted by Crippen LogP contribution is -2.49. The van der Waals surface area contributed by atoms with Crippen LogP contribution in [0.25, 0.3) is 11.1 Å². The summed E-state index contributed by atoms with van der Waals surface area (Å²) >= 11 is 12.4. The Kier molecular flexibility index (Phi) is 9.22. The van der Waals surface area contributed by atoms with E-state index in [0.717, 1.165) is 29.8 Å². The summed E-state index contributed by atoms with van der Waals surface area (Å²) in [5.41, 5.74) is 2.36. The van der Waals surface area contributed by atoms with Crippen molar-refractivity contribution in [1.82, 2.24) is 20.6 Å². The number of carboxylic acid groups (broad SMARTS) is 1. The Morgan fingerprint density at radius 2 is 1.76 bits per heavy atom. The molecule has 41 heavy (non-hydrogen) atoms. The van der Waals surface area contributed by atoms with Crippen LogP contribution >= 0.6 is 23.2 Å². The Labute approximate surface area is 247 Å². The Morgan fingerprint density at radius 3 is 2.46 bits per heavy atom. The fraction of sp³-hybridized carbons (Fsp3) is 0.379. The van der Waals surface area contributed by atoms with Crippen molar-refractivity contribution < 1.29 is 19.1 Å². The zero-order chi connectivity index (χ0) is 28.9. The number of amides is 1. The number of halogens is 3. The molecule has 0 aliphatic carbocycles. The summed E-state index contributed by atoms with van der Waals surface area (Å²) in [7, 11) is 0. The summed E-state index contributed by atoms with van der Waals surface area (Å²) in [6.07, 6.45) is 2.68. The number of nitrogens with zero attached hydrogens (tertiary/aromatic N) is 4. The summed E-state index contributed by atoms with van der Waals surface area (Å²) in [4.78, 5) is 37.3. The topological polar surface area (TPSA) is 111 Å². The minimum absolute atomic E-state index is 0.107. The molecule has 0 spiro atoms. The van der Waals surface area contributed by atoms with E-state index in [4.69, 9.17) is 23.2 Å². The van der Waals surface area contributed by atoms with Crippen molar-refractivity contribution in [3.05, 3.63) is 70.2 Å². The second-order valence-corrected chi connectivity index (χ2v) is 11.1. The molecule has 0 saturated carbocycles. The molecule has 2 aliphatic rings. The normalized spacial score (nSPS) is 18.2. The molecule has 9 nitrogen and oxygen atoms in total. The van der Waals surface area contributed by atoms with Crippen LogP contribution in [0.4, 0.5) is 16.0 Å². The van der Waals surface area contributed by atoms with Crippen LogP contribution in [-0.4, -0.2) is 72.3 Å². The van der Waals surface area contributed by atoms with Crippen LogP contribution in [0.2, 0.25) is 10.0 Å². The lowest BCUT2D eigenvalue weighted by molar-refractivity contribution is -0.142. The van der Waals surface area contributed by atoms with Crippen molar-refractivity contribution in [2.75, 3.05) is 49.1 Å². The number of carbonyl (C=O) groups is 2. The molecule has 5 rings (SSSR count). The van der Waals surface area contributed by atoms with E-state index in [9.17, 15) is 14.7 Å². The number of benzene rings is 2. The van der Waals surface area contributed by atoms with Gasteiger partial charge in [-0.05, 0) is 42.2 Å². The third kappa shape index (κ3) is 6.89. The zero-order valence-corrected chi connectivity index (χ0v) is 23.8. The maximum atomic E-state index is 15.5. The van der Waals surface area contributed by atoms with Crippen LogP contribution in [-0.2, 0) is 16.0 Å². The van der Waals surface area contributed by atoms with Gasteiger partial charge in [0, 0.05) is 61.3 Å². The van der Waals surface area contributed by atoms with Crippen LogP contribution in [0.15, 0.2) is 48.8 Å². The van der Waals surface area contributed by atoms with Crippen molar-refractivity contribution >= 4 is 46.7 Å². The van der Waals surface area contributed by atoms with Gasteiger partial charge in [-0.15, -0.1) is 0 Å². The van der Waals surface area contributed by atoms with E-state index in [-0.39, 0.29) is 30.5 Å². The number of carbonyl (C=O) groups excluding carboxylic acids is 1. The van der Waals surface area contributed by atoms with Gasteiger partial charge < -0.3 is 25.5 Å². The van der Waals surface area contributed by atoms with Crippen molar-refractivity contribution in [1.29, 1.82) is 0 Å². The fourth-order valence-electron chi connectivity index (χ4n) is 5.32. The number of piperidine rings is 1. The van der Waals surface area contributed by atoms with E-state index >= 15 is 4.39 Å². The van der Waals surface area contributed by atoms with E-state index in [2.05, 4.69) is 20.6 Å². The quantitative estimate of drug-likeness (QED) is 0.355. The van der Waals surface area contributed by atoms with Crippen LogP contribution in [0, 0.1) is 11.7 Å². The average molecular weight is 602 g/mol. The molecule has 3 heterocycles. The highest BCUT2D eigenvalue weighted by Gasteiger charge is 2.32. The van der Waals surface area contributed by atoms with Gasteiger partial charge in [0.15, 0.2) is 11.6 Å². The molecule has 2 saturated heterocycles. The summed E-state index contributed by atoms with van der Waals surface area (Å²) in [5, 5.41) is 16.9. The van der Waals surface area contributed by atoms with Gasteiger partial charge in [-0.25, -0.2) is 14.8 Å². The van der Waals surface area contributed by atoms with Crippen LogP contribution in [0.1, 0.15) is 18.4 Å². The Bertz CT molecular complexity index is 1400. The molecule has 12 heteroatoms. The number of carboxylic acids is 1. The fourth-order valence-corrected chi connectivity index (χ4v) is 5.72. The molecule has 3 aromatic rings. The van der Waals surface area contributed by atoms with Crippen molar-refractivity contribution in [3.63, 3.8) is 0 Å². The van der Waals surface area contributed by atoms with Gasteiger partial charge in [0.05, 0.1) is 5.92 Å². The number of aliphatic carboxylic acids is 1. The lowest BCUT2D eigenvalue weighted by Gasteiger charge is -2.34. The molecule has 1 amide bonds. The van der Waals surface area contributed by atoms with Gasteiger partial charge in [-0.2, -0.15) is 4.39 Å². The van der Waals surface area contributed by atoms with E-state index < -0.39 is 23.7 Å². The molecule has 0 bridgehead atoms. The van der Waals surface area contributed by atoms with Gasteiger partial charge in [0.2, 0.25) is 11.7 Å². The molecule has 0 radical (unpaired) electrons. The van der Waals surface area contributed by atoms with Crippen LogP contribution < -0.4 is 20.4 Å². The molecular formula is C29H31Cl2FN6O3. The first-order chi connectivity index (χ1) is 19.8. The highest BCUT2D eigenvalue weighted by atomic mass is 35.5. The molecular weight excluding hydrogens is 570 g/mol. The maximum Gasteiger partial charge on any atom is 0.326 e. The standard InChI is InChI=1S/C29H31Cl2FN6O3/c30-21-7-8-23(31)22(15-21)19-5-3-18(4-6-19)14-24(29(40)41)36-28(39)20-2-1-11-38(16-20)27-25(32)26(34-17-35-27)37-12-9-33-10-13-37/h3-8,15,17,20,24,33H,1-2,9-14,16H2,(H,36,39)(H,40,41). The third-order valence-corrected chi connectivity index (χ3v) is 8.07. The van der Waals surface area contributed by atoms with Gasteiger partial charge >= 0.3 is 5.97 Å². The Hall–Kier alpha value is -3.47. The number of rotatable bonds is 8. The molecule has 3 N–H and O–H groups in total. The van der Waals surface area contributed by atoms with E-state index in [1.54, 1.807) is 23.1 Å². The Morgan fingerprint density at radius 1 is 1.05 bits per heavy atom. The summed E-state index contributed by atoms with van der Waals surface area (Å²) in [5.74, 6) is -2.08. The molecule has 2 fully saturated rings. The van der Waals surface area contributed by atoms with Crippen molar-refractivity contribution in [3.8, 4) is 11.1 Å². The summed E-state index contributed by atoms with van der Waals surface area (Å²) in [6.45, 7) is 3.57. The molecule has 2 unspecified atom stereocenters. The first kappa shape index (κ1) is 29.0. The molecule has 216 valence electrons. The predicted octanol–water partition coefficient (Wildman–Crippen LogP) is 4.03. The number of piperazine rings is 1. The van der Waals surface area contributed by atoms with E-state index in [1.165, 1.54) is 6.33 Å². The number of aromatic nitrogens is 2. The first-order valence-corrected chi connectivity index (χ1v) is 14.3. The largest absolute Gasteiger partial charge is 0.480 e. The van der Waals surface area contributed by atoms with Gasteiger partial charge in [-0.3, -0.25) is 4.79 Å². The number of anilines is 2. The number of nitrogens with one attached hydrogen (secondary N) is 2.